The Bertz CT molecular complexity index is 2280. The predicted octanol–water partition coefficient (Wildman–Crippen LogP) is 8.14. The van der Waals surface area contributed by atoms with Crippen LogP contribution in [0.1, 0.15) is 67.7 Å². The van der Waals surface area contributed by atoms with Crippen molar-refractivity contribution in [2.24, 2.45) is 0 Å². The van der Waals surface area contributed by atoms with Gasteiger partial charge in [0.15, 0.2) is 0 Å². The maximum atomic E-state index is 13.0. The van der Waals surface area contributed by atoms with Crippen LogP contribution in [0.3, 0.4) is 0 Å². The van der Waals surface area contributed by atoms with Gasteiger partial charge in [-0.3, -0.25) is 19.4 Å². The Kier molecular flexibility index (Phi) is 16.2. The first-order chi connectivity index (χ1) is 30.6. The summed E-state index contributed by atoms with van der Waals surface area (Å²) in [5.41, 5.74) is 7.89. The number of likely N-dealkylation sites (N-methyl/N-ethyl adjacent to an activating group) is 2. The third-order valence-corrected chi connectivity index (χ3v) is 10.6. The summed E-state index contributed by atoms with van der Waals surface area (Å²) < 4.78 is 26.3. The van der Waals surface area contributed by atoms with Crippen molar-refractivity contribution in [3.05, 3.63) is 145 Å². The summed E-state index contributed by atoms with van der Waals surface area (Å²) in [7, 11) is 2.70. The zero-order valence-electron chi connectivity index (χ0n) is 36.7. The molecule has 4 aromatic rings. The molecule has 2 amide bonds. The van der Waals surface area contributed by atoms with E-state index in [4.69, 9.17) is 23.7 Å². The van der Waals surface area contributed by atoms with Gasteiger partial charge in [-0.25, -0.2) is 19.2 Å². The van der Waals surface area contributed by atoms with Crippen LogP contribution < -0.4 is 0 Å². The topological polar surface area (TPSA) is 175 Å². The molecule has 2 aliphatic rings. The molecule has 0 saturated carbocycles. The number of hydrogen-bond acceptors (Lipinski definition) is 11. The summed E-state index contributed by atoms with van der Waals surface area (Å²) in [6.45, 7) is 12.2. The van der Waals surface area contributed by atoms with Crippen LogP contribution in [0.4, 0.5) is 9.59 Å². The summed E-state index contributed by atoms with van der Waals surface area (Å²) in [6, 6.07) is 29.3. The highest BCUT2D eigenvalue weighted by atomic mass is 16.6. The van der Waals surface area contributed by atoms with E-state index in [2.05, 4.69) is 25.3 Å². The van der Waals surface area contributed by atoms with Gasteiger partial charge in [0.25, 0.3) is 0 Å². The maximum Gasteiger partial charge on any atom is 0.410 e. The van der Waals surface area contributed by atoms with Crippen LogP contribution in [0.15, 0.2) is 122 Å². The average Bonchev–Trinajstić information content (AvgIpc) is 3.78. The molecule has 0 unspecified atom stereocenters. The van der Waals surface area contributed by atoms with Crippen LogP contribution in [-0.2, 0) is 42.9 Å². The summed E-state index contributed by atoms with van der Waals surface area (Å²) in [4.78, 5) is 75.8. The molecule has 6 rings (SSSR count). The van der Waals surface area contributed by atoms with Gasteiger partial charge in [-0.2, -0.15) is 0 Å². The second-order valence-corrected chi connectivity index (χ2v) is 16.1. The molecule has 0 spiro atoms. The number of benzene rings is 4. The number of fused-ring (bicyclic) bond motifs is 6. The molecule has 0 heterocycles. The lowest BCUT2D eigenvalue weighted by molar-refractivity contribution is -0.164. The van der Waals surface area contributed by atoms with E-state index in [0.717, 1.165) is 54.3 Å². The molecule has 14 heteroatoms. The minimum atomic E-state index is -1.39. The van der Waals surface area contributed by atoms with Crippen molar-refractivity contribution in [1.82, 2.24) is 9.80 Å². The Balaban J connectivity index is 0.000000243. The number of hydrogen-bond donors (Lipinski definition) is 1. The Hall–Kier alpha value is -7.22. The fourth-order valence-corrected chi connectivity index (χ4v) is 7.52. The Morgan fingerprint density at radius 2 is 0.906 bits per heavy atom. The van der Waals surface area contributed by atoms with Gasteiger partial charge in [0.05, 0.1) is 12.8 Å². The fourth-order valence-electron chi connectivity index (χ4n) is 7.52. The van der Waals surface area contributed by atoms with Gasteiger partial charge in [0, 0.05) is 25.9 Å². The van der Waals surface area contributed by atoms with E-state index in [1.807, 2.05) is 84.9 Å². The largest absolute Gasteiger partial charge is 0.480 e. The van der Waals surface area contributed by atoms with E-state index in [9.17, 15) is 33.9 Å². The first kappa shape index (κ1) is 47.8. The fraction of sp³-hybridized carbons (Fsp3) is 0.320. The quantitative estimate of drug-likeness (QED) is 0.0651. The van der Waals surface area contributed by atoms with Crippen molar-refractivity contribution in [1.29, 1.82) is 0 Å². The van der Waals surface area contributed by atoms with E-state index in [1.165, 1.54) is 26.2 Å². The van der Waals surface area contributed by atoms with Crippen LogP contribution in [0.5, 0.6) is 0 Å². The number of aliphatic carboxylic acids is 1. The van der Waals surface area contributed by atoms with Gasteiger partial charge < -0.3 is 28.8 Å². The summed E-state index contributed by atoms with van der Waals surface area (Å²) in [5.74, 6) is -3.67. The minimum Gasteiger partial charge on any atom is -0.480 e. The number of rotatable bonds is 16. The molecule has 0 aliphatic heterocycles. The number of carboxylic acids is 1. The predicted molar refractivity (Wildman–Crippen MR) is 238 cm³/mol. The molecule has 0 saturated heterocycles. The zero-order chi connectivity index (χ0) is 46.6. The Morgan fingerprint density at radius 1 is 0.578 bits per heavy atom. The van der Waals surface area contributed by atoms with Gasteiger partial charge in [-0.05, 0) is 65.3 Å². The van der Waals surface area contributed by atoms with Crippen molar-refractivity contribution in [3.63, 3.8) is 0 Å². The van der Waals surface area contributed by atoms with Crippen LogP contribution in [0.25, 0.3) is 22.3 Å². The second-order valence-electron chi connectivity index (χ2n) is 16.1. The minimum absolute atomic E-state index is 0.00846. The van der Waals surface area contributed by atoms with Crippen molar-refractivity contribution in [3.8, 4) is 22.3 Å². The molecule has 0 aromatic heterocycles. The van der Waals surface area contributed by atoms with Crippen molar-refractivity contribution in [2.45, 2.75) is 63.1 Å². The van der Waals surface area contributed by atoms with Gasteiger partial charge in [0.2, 0.25) is 0 Å². The molecule has 0 fully saturated rings. The van der Waals surface area contributed by atoms with Crippen LogP contribution in [0, 0.1) is 0 Å². The second kappa shape index (κ2) is 21.7. The van der Waals surface area contributed by atoms with E-state index >= 15 is 0 Å². The van der Waals surface area contributed by atoms with Crippen molar-refractivity contribution < 1.29 is 57.6 Å². The molecule has 2 atom stereocenters. The highest BCUT2D eigenvalue weighted by Crippen LogP contribution is 2.45. The Morgan fingerprint density at radius 3 is 1.23 bits per heavy atom. The number of carbonyl (C=O) groups is 6. The maximum absolute atomic E-state index is 13.0. The number of carboxylic acid groups (broad SMARTS) is 1. The first-order valence-electron chi connectivity index (χ1n) is 20.7. The molecule has 14 nitrogen and oxygen atoms in total. The number of amides is 2. The molecule has 64 heavy (non-hydrogen) atoms. The van der Waals surface area contributed by atoms with Crippen LogP contribution >= 0.6 is 0 Å². The molecular weight excluding hydrogens is 821 g/mol. The van der Waals surface area contributed by atoms with Crippen LogP contribution in [-0.4, -0.2) is 109 Å². The number of nitrogens with zero attached hydrogens (tertiary/aromatic N) is 2. The first-order valence-corrected chi connectivity index (χ1v) is 20.7. The van der Waals surface area contributed by atoms with Gasteiger partial charge in [-0.15, -0.1) is 0 Å². The van der Waals surface area contributed by atoms with Crippen LogP contribution in [0.2, 0.25) is 0 Å². The number of ether oxygens (including phenoxy) is 5. The molecule has 2 aliphatic carbocycles. The average molecular weight is 875 g/mol. The molecule has 4 aromatic carbocycles. The third kappa shape index (κ3) is 11.8. The Labute approximate surface area is 373 Å². The SMILES string of the molecule is C=CCOC(=O)C[C@@H](C(=O)O)N(C)C(=O)OCC1c2ccccc2-c2ccccc21.C=CCOC(=O)C[C@@H](C(=O)OC(C)(C)C)N(C)C(=O)OCC1c2ccccc2-c2ccccc21. The van der Waals surface area contributed by atoms with E-state index in [0.29, 0.717) is 0 Å². The number of carbonyl (C=O) groups excluding carboxylic acids is 5. The van der Waals surface area contributed by atoms with E-state index in [1.54, 1.807) is 20.8 Å². The normalized spacial score (nSPS) is 13.1. The smallest absolute Gasteiger partial charge is 0.410 e. The molecule has 1 N–H and O–H groups in total. The van der Waals surface area contributed by atoms with E-state index < -0.39 is 60.2 Å². The summed E-state index contributed by atoms with van der Waals surface area (Å²) in [5, 5.41) is 9.43. The zero-order valence-corrected chi connectivity index (χ0v) is 36.7. The molecular formula is C50H54N2O12. The molecule has 336 valence electrons. The van der Waals surface area contributed by atoms with Crippen molar-refractivity contribution >= 4 is 36.1 Å². The van der Waals surface area contributed by atoms with Crippen molar-refractivity contribution in [2.75, 3.05) is 40.5 Å². The van der Waals surface area contributed by atoms with Gasteiger partial charge in [0.1, 0.15) is 44.1 Å². The lowest BCUT2D eigenvalue weighted by atomic mass is 9.98. The third-order valence-electron chi connectivity index (χ3n) is 10.6. The molecule has 0 bridgehead atoms. The van der Waals surface area contributed by atoms with Gasteiger partial charge >= 0.3 is 36.1 Å². The van der Waals surface area contributed by atoms with E-state index in [-0.39, 0.29) is 44.7 Å². The lowest BCUT2D eigenvalue weighted by Crippen LogP contribution is -2.47. The lowest BCUT2D eigenvalue weighted by Gasteiger charge is -2.29. The monoisotopic (exact) mass is 874 g/mol. The summed E-state index contributed by atoms with van der Waals surface area (Å²) >= 11 is 0. The summed E-state index contributed by atoms with van der Waals surface area (Å²) in [6.07, 6.45) is 0.418. The van der Waals surface area contributed by atoms with Gasteiger partial charge in [-0.1, -0.05) is 122 Å². The number of esters is 3. The highest BCUT2D eigenvalue weighted by molar-refractivity contribution is 5.87. The molecule has 0 radical (unpaired) electrons. The highest BCUT2D eigenvalue weighted by Gasteiger charge is 2.37. The standard InChI is InChI=1S/C27H31NO6.C23H23NO6/c1-6-15-32-24(29)16-23(25(30)34-27(2,3)4)28(5)26(31)33-17-22-20-13-9-7-11-18(20)19-12-8-10-14-21(19)22;1-3-12-29-21(25)13-20(22(26)27)24(2)23(28)30-14-19-17-10-6-4-8-15(17)16-9-5-7-11-18(16)19/h6-14,22-23H,1,15-17H2,2-5H3;3-11,19-20H,1,12-14H2,2H3,(H,26,27)/t23-;20-/m00/s1.